The molecule has 4 aromatic rings. The second-order valence-corrected chi connectivity index (χ2v) is 12.3. The number of rotatable bonds is 9. The van der Waals surface area contributed by atoms with E-state index in [0.717, 1.165) is 39.7 Å². The van der Waals surface area contributed by atoms with Crippen molar-refractivity contribution in [3.63, 3.8) is 0 Å². The fourth-order valence-corrected chi connectivity index (χ4v) is 5.23. The molecule has 0 bridgehead atoms. The van der Waals surface area contributed by atoms with Gasteiger partial charge in [-0.05, 0) is 74.1 Å². The van der Waals surface area contributed by atoms with Crippen molar-refractivity contribution in [2.45, 2.75) is 46.6 Å². The minimum Gasteiger partial charge on any atom is -0.492 e. The van der Waals surface area contributed by atoms with Crippen molar-refractivity contribution in [1.29, 1.82) is 0 Å². The van der Waals surface area contributed by atoms with Crippen molar-refractivity contribution >= 4 is 45.7 Å². The summed E-state index contributed by atoms with van der Waals surface area (Å²) in [6, 6.07) is 18.9. The lowest BCUT2D eigenvalue weighted by Crippen LogP contribution is -2.39. The molecule has 0 aliphatic rings. The minimum atomic E-state index is -0.780. The SMILES string of the molecule is CCN(CC)C(=O)C(=O)Nc1cc(C(C)(C)C)cc(NC(=O)Nc2ccc(-c3ccc(CN(C)C)nc3)c3ccccc23)c1OC. The molecule has 0 saturated heterocycles. The molecule has 1 heterocycles. The molecule has 242 valence electrons. The van der Waals surface area contributed by atoms with E-state index < -0.39 is 17.8 Å². The third-order valence-corrected chi connectivity index (χ3v) is 7.69. The Bertz CT molecular complexity index is 1720. The molecule has 0 fully saturated rings. The summed E-state index contributed by atoms with van der Waals surface area (Å²) in [5, 5.41) is 10.4. The van der Waals surface area contributed by atoms with Gasteiger partial charge in [0, 0.05) is 36.8 Å². The van der Waals surface area contributed by atoms with Gasteiger partial charge in [-0.3, -0.25) is 14.6 Å². The van der Waals surface area contributed by atoms with Gasteiger partial charge in [0.05, 0.1) is 29.9 Å². The third-order valence-electron chi connectivity index (χ3n) is 7.69. The summed E-state index contributed by atoms with van der Waals surface area (Å²) in [4.78, 5) is 47.3. The first-order chi connectivity index (χ1) is 21.9. The van der Waals surface area contributed by atoms with Gasteiger partial charge < -0.3 is 30.5 Å². The highest BCUT2D eigenvalue weighted by Gasteiger charge is 2.25. The Labute approximate surface area is 271 Å². The topological polar surface area (TPSA) is 116 Å². The number of nitrogens with one attached hydrogen (secondary N) is 3. The number of amides is 4. The van der Waals surface area contributed by atoms with Crippen LogP contribution in [0.4, 0.5) is 21.9 Å². The lowest BCUT2D eigenvalue weighted by atomic mass is 9.86. The van der Waals surface area contributed by atoms with Crippen LogP contribution in [0.1, 0.15) is 45.9 Å². The largest absolute Gasteiger partial charge is 0.492 e. The van der Waals surface area contributed by atoms with Crippen LogP contribution in [0.5, 0.6) is 5.75 Å². The summed E-state index contributed by atoms with van der Waals surface area (Å²) >= 11 is 0. The predicted octanol–water partition coefficient (Wildman–Crippen LogP) is 6.72. The number of aromatic nitrogens is 1. The van der Waals surface area contributed by atoms with Gasteiger partial charge in [0.25, 0.3) is 0 Å². The van der Waals surface area contributed by atoms with Crippen LogP contribution in [0, 0.1) is 0 Å². The molecule has 3 N–H and O–H groups in total. The van der Waals surface area contributed by atoms with E-state index in [1.807, 2.05) is 103 Å². The molecule has 0 unspecified atom stereocenters. The van der Waals surface area contributed by atoms with Crippen LogP contribution in [0.2, 0.25) is 0 Å². The first-order valence-corrected chi connectivity index (χ1v) is 15.4. The van der Waals surface area contributed by atoms with Crippen molar-refractivity contribution in [3.8, 4) is 16.9 Å². The van der Waals surface area contributed by atoms with E-state index in [-0.39, 0.29) is 16.9 Å². The lowest BCUT2D eigenvalue weighted by Gasteiger charge is -2.24. The Balaban J connectivity index is 1.64. The van der Waals surface area contributed by atoms with Crippen molar-refractivity contribution in [3.05, 3.63) is 78.1 Å². The lowest BCUT2D eigenvalue weighted by molar-refractivity contribution is -0.142. The third kappa shape index (κ3) is 7.81. The Hall–Kier alpha value is -4.96. The molecule has 10 nitrogen and oxygen atoms in total. The number of benzene rings is 3. The maximum absolute atomic E-state index is 13.5. The van der Waals surface area contributed by atoms with E-state index in [1.165, 1.54) is 12.0 Å². The molecule has 0 saturated carbocycles. The van der Waals surface area contributed by atoms with Gasteiger partial charge in [-0.1, -0.05) is 57.2 Å². The second kappa shape index (κ2) is 14.4. The molecule has 10 heteroatoms. The number of likely N-dealkylation sites (N-methyl/N-ethyl adjacent to an activating group) is 1. The number of fused-ring (bicyclic) bond motifs is 1. The average Bonchev–Trinajstić information content (AvgIpc) is 3.01. The van der Waals surface area contributed by atoms with Crippen LogP contribution < -0.4 is 20.7 Å². The van der Waals surface area contributed by atoms with Crippen LogP contribution in [-0.2, 0) is 21.5 Å². The van der Waals surface area contributed by atoms with Gasteiger partial charge in [0.2, 0.25) is 0 Å². The number of anilines is 3. The smallest absolute Gasteiger partial charge is 0.323 e. The monoisotopic (exact) mass is 624 g/mol. The van der Waals surface area contributed by atoms with E-state index in [4.69, 9.17) is 4.74 Å². The number of carbonyl (C=O) groups is 3. The summed E-state index contributed by atoms with van der Waals surface area (Å²) in [5.74, 6) is -1.19. The molecule has 3 aromatic carbocycles. The molecule has 1 aromatic heterocycles. The maximum Gasteiger partial charge on any atom is 0.323 e. The number of nitrogens with zero attached hydrogens (tertiary/aromatic N) is 3. The van der Waals surface area contributed by atoms with Gasteiger partial charge in [-0.25, -0.2) is 4.79 Å². The van der Waals surface area contributed by atoms with E-state index >= 15 is 0 Å². The highest BCUT2D eigenvalue weighted by atomic mass is 16.5. The maximum atomic E-state index is 13.5. The summed E-state index contributed by atoms with van der Waals surface area (Å²) in [5.41, 5.74) is 4.72. The predicted molar refractivity (Wildman–Crippen MR) is 185 cm³/mol. The normalized spacial score (nSPS) is 11.3. The fraction of sp³-hybridized carbons (Fsp3) is 0.333. The van der Waals surface area contributed by atoms with Crippen molar-refractivity contribution in [2.75, 3.05) is 50.2 Å². The number of hydrogen-bond acceptors (Lipinski definition) is 6. The molecule has 0 radical (unpaired) electrons. The van der Waals surface area contributed by atoms with Crippen LogP contribution in [-0.4, -0.2) is 66.9 Å². The number of urea groups is 1. The van der Waals surface area contributed by atoms with Gasteiger partial charge in [0.1, 0.15) is 0 Å². The number of ether oxygens (including phenoxy) is 1. The second-order valence-electron chi connectivity index (χ2n) is 12.3. The van der Waals surface area contributed by atoms with Crippen LogP contribution in [0.15, 0.2) is 66.9 Å². The number of hydrogen-bond donors (Lipinski definition) is 3. The van der Waals surface area contributed by atoms with Crippen LogP contribution in [0.25, 0.3) is 21.9 Å². The molecule has 4 amide bonds. The van der Waals surface area contributed by atoms with Gasteiger partial charge in [0.15, 0.2) is 5.75 Å². The highest BCUT2D eigenvalue weighted by molar-refractivity contribution is 6.39. The number of methoxy groups -OCH3 is 1. The zero-order valence-electron chi connectivity index (χ0n) is 27.9. The van der Waals surface area contributed by atoms with Crippen molar-refractivity contribution in [1.82, 2.24) is 14.8 Å². The summed E-state index contributed by atoms with van der Waals surface area (Å²) in [6.45, 7) is 11.3. The molecule has 46 heavy (non-hydrogen) atoms. The van der Waals surface area contributed by atoms with E-state index in [2.05, 4.69) is 31.9 Å². The molecule has 0 aliphatic heterocycles. The molecule has 0 spiro atoms. The molecular weight excluding hydrogens is 580 g/mol. The molecule has 0 aliphatic carbocycles. The summed E-state index contributed by atoms with van der Waals surface area (Å²) < 4.78 is 5.66. The Kier molecular flexibility index (Phi) is 10.6. The van der Waals surface area contributed by atoms with Crippen LogP contribution in [0.3, 0.4) is 0 Å². The van der Waals surface area contributed by atoms with Gasteiger partial charge >= 0.3 is 17.8 Å². The molecule has 4 rings (SSSR count). The van der Waals surface area contributed by atoms with Crippen molar-refractivity contribution in [2.24, 2.45) is 0 Å². The fourth-order valence-electron chi connectivity index (χ4n) is 5.23. The van der Waals surface area contributed by atoms with Gasteiger partial charge in [-0.2, -0.15) is 0 Å². The quantitative estimate of drug-likeness (QED) is 0.178. The molecule has 0 atom stereocenters. The standard InChI is InChI=1S/C36H44N6O4/c1-9-42(10-2)34(44)33(43)38-30-19-24(36(3,4)5)20-31(32(30)46-8)40-35(45)39-29-18-17-26(27-13-11-12-14-28(27)29)23-15-16-25(37-21-23)22-41(6)7/h11-21H,9-10,22H2,1-8H3,(H,38,43)(H2,39,40,45). The highest BCUT2D eigenvalue weighted by Crippen LogP contribution is 2.39. The van der Waals surface area contributed by atoms with E-state index in [1.54, 1.807) is 6.07 Å². The zero-order chi connectivity index (χ0) is 33.6. The number of carbonyl (C=O) groups excluding carboxylic acids is 3. The van der Waals surface area contributed by atoms with Gasteiger partial charge in [-0.15, -0.1) is 0 Å². The minimum absolute atomic E-state index is 0.231. The first kappa shape index (κ1) is 33.9. The average molecular weight is 625 g/mol. The Morgan fingerprint density at radius 3 is 2.02 bits per heavy atom. The van der Waals surface area contributed by atoms with Crippen molar-refractivity contribution < 1.29 is 19.1 Å². The first-order valence-electron chi connectivity index (χ1n) is 15.4. The Morgan fingerprint density at radius 1 is 0.826 bits per heavy atom. The van der Waals surface area contributed by atoms with E-state index in [0.29, 0.717) is 24.5 Å². The molecular formula is C36H44N6O4. The van der Waals surface area contributed by atoms with Crippen LogP contribution >= 0.6 is 0 Å². The summed E-state index contributed by atoms with van der Waals surface area (Å²) in [6.07, 6.45) is 1.88. The zero-order valence-corrected chi connectivity index (χ0v) is 27.9. The van der Waals surface area contributed by atoms with E-state index in [9.17, 15) is 14.4 Å². The number of pyridine rings is 1. The summed E-state index contributed by atoms with van der Waals surface area (Å²) in [7, 11) is 5.47. The Morgan fingerprint density at radius 2 is 1.46 bits per heavy atom.